The SMILES string of the molecule is CC1(C)COC2=C(CO)C=C(Cl)CC21. The van der Waals surface area contributed by atoms with Gasteiger partial charge in [-0.3, -0.25) is 0 Å². The van der Waals surface area contributed by atoms with Crippen molar-refractivity contribution in [3.63, 3.8) is 0 Å². The van der Waals surface area contributed by atoms with Crippen molar-refractivity contribution in [1.82, 2.24) is 0 Å². The van der Waals surface area contributed by atoms with Crippen molar-refractivity contribution in [2.75, 3.05) is 13.2 Å². The first kappa shape index (κ1) is 10.1. The number of rotatable bonds is 1. The van der Waals surface area contributed by atoms with E-state index < -0.39 is 0 Å². The molecule has 2 aliphatic rings. The molecular formula is C11H15ClO2. The van der Waals surface area contributed by atoms with E-state index in [1.165, 1.54) is 0 Å². The molecule has 1 aliphatic heterocycles. The van der Waals surface area contributed by atoms with Gasteiger partial charge in [-0.1, -0.05) is 25.4 Å². The van der Waals surface area contributed by atoms with E-state index in [1.54, 1.807) is 0 Å². The van der Waals surface area contributed by atoms with Gasteiger partial charge < -0.3 is 9.84 Å². The Morgan fingerprint density at radius 3 is 3.00 bits per heavy atom. The second-order valence-electron chi connectivity index (χ2n) is 4.67. The van der Waals surface area contributed by atoms with Crippen LogP contribution in [0.1, 0.15) is 20.3 Å². The Bertz CT molecular complexity index is 315. The summed E-state index contributed by atoms with van der Waals surface area (Å²) in [6.07, 6.45) is 2.67. The van der Waals surface area contributed by atoms with Gasteiger partial charge in [0.05, 0.1) is 13.2 Å². The normalized spacial score (nSPS) is 29.7. The summed E-state index contributed by atoms with van der Waals surface area (Å²) < 4.78 is 5.64. The van der Waals surface area contributed by atoms with Crippen LogP contribution in [-0.4, -0.2) is 18.3 Å². The third-order valence-electron chi connectivity index (χ3n) is 3.08. The van der Waals surface area contributed by atoms with Gasteiger partial charge in [-0.05, 0) is 12.5 Å². The van der Waals surface area contributed by atoms with Crippen molar-refractivity contribution in [1.29, 1.82) is 0 Å². The molecular weight excluding hydrogens is 200 g/mol. The molecule has 0 aromatic heterocycles. The van der Waals surface area contributed by atoms with Gasteiger partial charge in [0.1, 0.15) is 5.76 Å². The van der Waals surface area contributed by atoms with Crippen LogP contribution in [-0.2, 0) is 4.74 Å². The highest BCUT2D eigenvalue weighted by Crippen LogP contribution is 2.48. The molecule has 2 rings (SSSR count). The number of fused-ring (bicyclic) bond motifs is 1. The fourth-order valence-corrected chi connectivity index (χ4v) is 2.43. The van der Waals surface area contributed by atoms with Gasteiger partial charge in [0.2, 0.25) is 0 Å². The van der Waals surface area contributed by atoms with Gasteiger partial charge >= 0.3 is 0 Å². The number of aliphatic hydroxyl groups excluding tert-OH is 1. The molecule has 1 N–H and O–H groups in total. The Kier molecular flexibility index (Phi) is 2.36. The number of hydrogen-bond donors (Lipinski definition) is 1. The fourth-order valence-electron chi connectivity index (χ4n) is 2.14. The Morgan fingerprint density at radius 2 is 2.36 bits per heavy atom. The summed E-state index contributed by atoms with van der Waals surface area (Å²) in [5.41, 5.74) is 0.973. The highest BCUT2D eigenvalue weighted by atomic mass is 35.5. The van der Waals surface area contributed by atoms with Crippen LogP contribution >= 0.6 is 11.6 Å². The third kappa shape index (κ3) is 1.47. The second-order valence-corrected chi connectivity index (χ2v) is 5.16. The van der Waals surface area contributed by atoms with E-state index in [9.17, 15) is 5.11 Å². The molecule has 3 heteroatoms. The van der Waals surface area contributed by atoms with Crippen LogP contribution in [0.4, 0.5) is 0 Å². The largest absolute Gasteiger partial charge is 0.497 e. The molecule has 0 amide bonds. The van der Waals surface area contributed by atoms with Crippen molar-refractivity contribution in [3.8, 4) is 0 Å². The average molecular weight is 215 g/mol. The summed E-state index contributed by atoms with van der Waals surface area (Å²) in [6.45, 7) is 5.08. The molecule has 1 aliphatic carbocycles. The number of aliphatic hydroxyl groups is 1. The number of ether oxygens (including phenoxy) is 1. The quantitative estimate of drug-likeness (QED) is 0.727. The van der Waals surface area contributed by atoms with Crippen molar-refractivity contribution in [2.45, 2.75) is 20.3 Å². The molecule has 1 atom stereocenters. The minimum absolute atomic E-state index is 0.0120. The standard InChI is InChI=1S/C11H15ClO2/c1-11(2)6-14-10-7(5-13)3-8(12)4-9(10)11/h3,9,13H,4-6H2,1-2H3. The van der Waals surface area contributed by atoms with E-state index in [-0.39, 0.29) is 12.0 Å². The highest BCUT2D eigenvalue weighted by molar-refractivity contribution is 6.29. The zero-order chi connectivity index (χ0) is 10.3. The monoisotopic (exact) mass is 214 g/mol. The van der Waals surface area contributed by atoms with Crippen LogP contribution < -0.4 is 0 Å². The zero-order valence-electron chi connectivity index (χ0n) is 8.51. The molecule has 1 heterocycles. The summed E-state index contributed by atoms with van der Waals surface area (Å²) in [5, 5.41) is 10.0. The molecule has 14 heavy (non-hydrogen) atoms. The fraction of sp³-hybridized carbons (Fsp3) is 0.636. The van der Waals surface area contributed by atoms with E-state index in [2.05, 4.69) is 13.8 Å². The van der Waals surface area contributed by atoms with Crippen LogP contribution in [0.3, 0.4) is 0 Å². The molecule has 0 spiro atoms. The minimum atomic E-state index is 0.0120. The molecule has 2 nitrogen and oxygen atoms in total. The van der Waals surface area contributed by atoms with E-state index in [4.69, 9.17) is 16.3 Å². The minimum Gasteiger partial charge on any atom is -0.497 e. The van der Waals surface area contributed by atoms with Crippen molar-refractivity contribution < 1.29 is 9.84 Å². The van der Waals surface area contributed by atoms with E-state index in [0.717, 1.165) is 22.8 Å². The lowest BCUT2D eigenvalue weighted by atomic mass is 9.76. The summed E-state index contributed by atoms with van der Waals surface area (Å²) >= 11 is 6.04. The van der Waals surface area contributed by atoms with Gasteiger partial charge in [-0.2, -0.15) is 0 Å². The summed E-state index contributed by atoms with van der Waals surface area (Å²) in [5.74, 6) is 1.28. The van der Waals surface area contributed by atoms with E-state index >= 15 is 0 Å². The lowest BCUT2D eigenvalue weighted by molar-refractivity contribution is 0.198. The van der Waals surface area contributed by atoms with Gasteiger partial charge in [-0.25, -0.2) is 0 Å². The van der Waals surface area contributed by atoms with E-state index in [1.807, 2.05) is 6.08 Å². The van der Waals surface area contributed by atoms with Gasteiger partial charge in [0.15, 0.2) is 0 Å². The van der Waals surface area contributed by atoms with Crippen molar-refractivity contribution in [2.24, 2.45) is 11.3 Å². The summed E-state index contributed by atoms with van der Waals surface area (Å²) in [4.78, 5) is 0. The average Bonchev–Trinajstić information content (AvgIpc) is 2.42. The maximum atomic E-state index is 9.18. The Morgan fingerprint density at radius 1 is 1.64 bits per heavy atom. The second kappa shape index (κ2) is 3.28. The molecule has 0 aromatic rings. The Hall–Kier alpha value is -0.470. The lowest BCUT2D eigenvalue weighted by Crippen LogP contribution is -2.23. The summed E-state index contributed by atoms with van der Waals surface area (Å²) in [6, 6.07) is 0. The van der Waals surface area contributed by atoms with Crippen LogP contribution in [0, 0.1) is 11.3 Å². The van der Waals surface area contributed by atoms with Crippen molar-refractivity contribution >= 4 is 11.6 Å². The molecule has 0 bridgehead atoms. The van der Waals surface area contributed by atoms with Crippen LogP contribution in [0.15, 0.2) is 22.4 Å². The molecule has 78 valence electrons. The zero-order valence-corrected chi connectivity index (χ0v) is 9.27. The molecule has 1 unspecified atom stereocenters. The van der Waals surface area contributed by atoms with Crippen LogP contribution in [0.2, 0.25) is 0 Å². The van der Waals surface area contributed by atoms with Gasteiger partial charge in [0, 0.05) is 21.9 Å². The first-order chi connectivity index (χ1) is 6.54. The van der Waals surface area contributed by atoms with Gasteiger partial charge in [-0.15, -0.1) is 0 Å². The van der Waals surface area contributed by atoms with Gasteiger partial charge in [0.25, 0.3) is 0 Å². The topological polar surface area (TPSA) is 29.5 Å². The maximum absolute atomic E-state index is 9.18. The number of allylic oxidation sites excluding steroid dienone is 2. The molecule has 0 saturated carbocycles. The predicted molar refractivity (Wildman–Crippen MR) is 55.9 cm³/mol. The third-order valence-corrected chi connectivity index (χ3v) is 3.34. The first-order valence-electron chi connectivity index (χ1n) is 4.87. The smallest absolute Gasteiger partial charge is 0.106 e. The highest BCUT2D eigenvalue weighted by Gasteiger charge is 2.43. The summed E-state index contributed by atoms with van der Waals surface area (Å²) in [7, 11) is 0. The molecule has 1 saturated heterocycles. The number of hydrogen-bond acceptors (Lipinski definition) is 2. The number of halogens is 1. The van der Waals surface area contributed by atoms with E-state index in [0.29, 0.717) is 12.5 Å². The lowest BCUT2D eigenvalue weighted by Gasteiger charge is -2.26. The Balaban J connectivity index is 2.39. The van der Waals surface area contributed by atoms with Crippen molar-refractivity contribution in [3.05, 3.63) is 22.4 Å². The molecule has 1 fully saturated rings. The molecule has 0 radical (unpaired) electrons. The maximum Gasteiger partial charge on any atom is 0.106 e. The van der Waals surface area contributed by atoms with Crippen LogP contribution in [0.5, 0.6) is 0 Å². The predicted octanol–water partition coefficient (Wildman–Crippen LogP) is 2.43. The molecule has 0 aromatic carbocycles. The Labute approximate surface area is 89.2 Å². The van der Waals surface area contributed by atoms with Crippen LogP contribution in [0.25, 0.3) is 0 Å². The first-order valence-corrected chi connectivity index (χ1v) is 5.25.